The predicted molar refractivity (Wildman–Crippen MR) is 73.8 cm³/mol. The summed E-state index contributed by atoms with van der Waals surface area (Å²) < 4.78 is 0.898. The van der Waals surface area contributed by atoms with Gasteiger partial charge in [-0.1, -0.05) is 48.0 Å². The molecule has 0 aliphatic heterocycles. The van der Waals surface area contributed by atoms with Crippen molar-refractivity contribution in [2.45, 2.75) is 26.3 Å². The zero-order valence-electron chi connectivity index (χ0n) is 10.4. The molecule has 1 rings (SSSR count). The monoisotopic (exact) mass is 312 g/mol. The Morgan fingerprint density at radius 1 is 1.33 bits per heavy atom. The average molecular weight is 313 g/mol. The van der Waals surface area contributed by atoms with Crippen LogP contribution < -0.4 is 11.1 Å². The number of hydrogen-bond donors (Lipinski definition) is 2. The molecule has 2 amide bonds. The van der Waals surface area contributed by atoms with Gasteiger partial charge in [0, 0.05) is 16.8 Å². The largest absolute Gasteiger partial charge is 0.368 e. The molecule has 0 aromatic heterocycles. The first-order valence-electron chi connectivity index (χ1n) is 5.75. The van der Waals surface area contributed by atoms with Crippen molar-refractivity contribution in [1.82, 2.24) is 5.32 Å². The van der Waals surface area contributed by atoms with Gasteiger partial charge in [0.05, 0.1) is 0 Å². The lowest BCUT2D eigenvalue weighted by Gasteiger charge is -2.17. The Morgan fingerprint density at radius 3 is 2.44 bits per heavy atom. The predicted octanol–water partition coefficient (Wildman–Crippen LogP) is 1.62. The molecule has 0 bridgehead atoms. The van der Waals surface area contributed by atoms with Crippen molar-refractivity contribution in [3.8, 4) is 0 Å². The number of carbonyl (C=O) groups excluding carboxylic acids is 2. The van der Waals surface area contributed by atoms with E-state index in [1.165, 1.54) is 0 Å². The summed E-state index contributed by atoms with van der Waals surface area (Å²) in [5.41, 5.74) is 6.25. The maximum absolute atomic E-state index is 11.6. The molecular weight excluding hydrogens is 296 g/mol. The number of nitrogens with one attached hydrogen (secondary N) is 1. The number of rotatable bonds is 5. The molecular formula is C13H17BrN2O2. The Hall–Kier alpha value is -1.36. The van der Waals surface area contributed by atoms with Crippen molar-refractivity contribution in [2.24, 2.45) is 11.7 Å². The van der Waals surface area contributed by atoms with Gasteiger partial charge in [-0.05, 0) is 11.6 Å². The fraction of sp³-hybridized carbons (Fsp3) is 0.385. The van der Waals surface area contributed by atoms with Crippen molar-refractivity contribution >= 4 is 27.7 Å². The van der Waals surface area contributed by atoms with Crippen LogP contribution in [0, 0.1) is 5.92 Å². The van der Waals surface area contributed by atoms with Crippen LogP contribution in [0.2, 0.25) is 0 Å². The molecule has 0 fully saturated rings. The molecule has 0 spiro atoms. The van der Waals surface area contributed by atoms with Crippen LogP contribution in [0.1, 0.15) is 19.4 Å². The Kier molecular flexibility index (Phi) is 5.34. The van der Waals surface area contributed by atoms with Gasteiger partial charge in [-0.15, -0.1) is 0 Å². The van der Waals surface area contributed by atoms with Crippen molar-refractivity contribution in [2.75, 3.05) is 0 Å². The molecule has 1 aromatic carbocycles. The summed E-state index contributed by atoms with van der Waals surface area (Å²) in [5, 5.41) is 2.66. The standard InChI is InChI=1S/C13H17BrN2O2/c1-8(2)13(18)16-11(12(15)17)7-9-5-3-4-6-10(9)14/h3-6,8,11H,7H2,1-2H3,(H2,15,17)(H,16,18)/t11-/m0/s1. The van der Waals surface area contributed by atoms with Crippen molar-refractivity contribution < 1.29 is 9.59 Å². The van der Waals surface area contributed by atoms with Crippen LogP contribution in [-0.2, 0) is 16.0 Å². The highest BCUT2D eigenvalue weighted by Gasteiger charge is 2.20. The minimum atomic E-state index is -0.682. The van der Waals surface area contributed by atoms with Crippen molar-refractivity contribution in [3.05, 3.63) is 34.3 Å². The molecule has 0 aliphatic rings. The summed E-state index contributed by atoms with van der Waals surface area (Å²) >= 11 is 3.40. The lowest BCUT2D eigenvalue weighted by molar-refractivity contribution is -0.129. The van der Waals surface area contributed by atoms with E-state index < -0.39 is 11.9 Å². The van der Waals surface area contributed by atoms with Crippen LogP contribution in [0.15, 0.2) is 28.7 Å². The van der Waals surface area contributed by atoms with Gasteiger partial charge in [0.25, 0.3) is 0 Å². The molecule has 98 valence electrons. The fourth-order valence-electron chi connectivity index (χ4n) is 1.44. The maximum atomic E-state index is 11.6. The number of nitrogens with two attached hydrogens (primary N) is 1. The zero-order chi connectivity index (χ0) is 13.7. The molecule has 5 heteroatoms. The first kappa shape index (κ1) is 14.7. The highest BCUT2D eigenvalue weighted by Crippen LogP contribution is 2.17. The summed E-state index contributed by atoms with van der Waals surface area (Å²) in [6, 6.07) is 6.86. The number of carbonyl (C=O) groups is 2. The Balaban J connectivity index is 2.79. The Bertz CT molecular complexity index is 446. The number of amides is 2. The second kappa shape index (κ2) is 6.54. The molecule has 0 aliphatic carbocycles. The van der Waals surface area contributed by atoms with E-state index in [0.29, 0.717) is 6.42 Å². The number of benzene rings is 1. The second-order valence-corrected chi connectivity index (χ2v) is 5.27. The number of hydrogen-bond acceptors (Lipinski definition) is 2. The summed E-state index contributed by atoms with van der Waals surface area (Å²) in [4.78, 5) is 23.0. The summed E-state index contributed by atoms with van der Waals surface area (Å²) in [7, 11) is 0. The average Bonchev–Trinajstić information content (AvgIpc) is 2.30. The highest BCUT2D eigenvalue weighted by molar-refractivity contribution is 9.10. The Morgan fingerprint density at radius 2 is 1.94 bits per heavy atom. The summed E-state index contributed by atoms with van der Waals surface area (Å²) in [6.45, 7) is 3.54. The lowest BCUT2D eigenvalue weighted by Crippen LogP contribution is -2.47. The topological polar surface area (TPSA) is 72.2 Å². The first-order valence-corrected chi connectivity index (χ1v) is 6.54. The third-order valence-corrected chi connectivity index (χ3v) is 3.34. The molecule has 1 aromatic rings. The van der Waals surface area contributed by atoms with E-state index in [9.17, 15) is 9.59 Å². The smallest absolute Gasteiger partial charge is 0.240 e. The third kappa shape index (κ3) is 4.14. The van der Waals surface area contributed by atoms with Crippen LogP contribution >= 0.6 is 15.9 Å². The molecule has 0 radical (unpaired) electrons. The van der Waals surface area contributed by atoms with Crippen LogP contribution in [0.4, 0.5) is 0 Å². The zero-order valence-corrected chi connectivity index (χ0v) is 12.0. The number of halogens is 1. The van der Waals surface area contributed by atoms with Gasteiger partial charge in [-0.25, -0.2) is 0 Å². The molecule has 0 saturated heterocycles. The van der Waals surface area contributed by atoms with E-state index in [1.807, 2.05) is 24.3 Å². The van der Waals surface area contributed by atoms with E-state index in [2.05, 4.69) is 21.2 Å². The van der Waals surface area contributed by atoms with Gasteiger partial charge in [0.2, 0.25) is 11.8 Å². The van der Waals surface area contributed by atoms with Crippen LogP contribution in [0.3, 0.4) is 0 Å². The van der Waals surface area contributed by atoms with Gasteiger partial charge in [-0.2, -0.15) is 0 Å². The van der Waals surface area contributed by atoms with Gasteiger partial charge in [0.1, 0.15) is 6.04 Å². The molecule has 0 saturated carbocycles. The molecule has 0 heterocycles. The van der Waals surface area contributed by atoms with Crippen molar-refractivity contribution in [1.29, 1.82) is 0 Å². The van der Waals surface area contributed by atoms with Gasteiger partial charge in [0.15, 0.2) is 0 Å². The molecule has 1 atom stereocenters. The van der Waals surface area contributed by atoms with E-state index in [4.69, 9.17) is 5.73 Å². The van der Waals surface area contributed by atoms with E-state index in [-0.39, 0.29) is 11.8 Å². The van der Waals surface area contributed by atoms with Gasteiger partial charge >= 0.3 is 0 Å². The van der Waals surface area contributed by atoms with Gasteiger partial charge < -0.3 is 11.1 Å². The van der Waals surface area contributed by atoms with E-state index >= 15 is 0 Å². The van der Waals surface area contributed by atoms with E-state index in [1.54, 1.807) is 13.8 Å². The lowest BCUT2D eigenvalue weighted by atomic mass is 10.0. The SMILES string of the molecule is CC(C)C(=O)N[C@@H](Cc1ccccc1Br)C(N)=O. The van der Waals surface area contributed by atoms with Crippen LogP contribution in [0.5, 0.6) is 0 Å². The summed E-state index contributed by atoms with van der Waals surface area (Å²) in [6.07, 6.45) is 0.384. The van der Waals surface area contributed by atoms with E-state index in [0.717, 1.165) is 10.0 Å². The maximum Gasteiger partial charge on any atom is 0.240 e. The first-order chi connectivity index (χ1) is 8.41. The second-order valence-electron chi connectivity index (χ2n) is 4.41. The quantitative estimate of drug-likeness (QED) is 0.867. The minimum Gasteiger partial charge on any atom is -0.368 e. The fourth-order valence-corrected chi connectivity index (χ4v) is 1.89. The van der Waals surface area contributed by atoms with Gasteiger partial charge in [-0.3, -0.25) is 9.59 Å². The molecule has 0 unspecified atom stereocenters. The van der Waals surface area contributed by atoms with Crippen LogP contribution in [-0.4, -0.2) is 17.9 Å². The normalized spacial score (nSPS) is 12.2. The van der Waals surface area contributed by atoms with Crippen LogP contribution in [0.25, 0.3) is 0 Å². The molecule has 18 heavy (non-hydrogen) atoms. The summed E-state index contributed by atoms with van der Waals surface area (Å²) in [5.74, 6) is -0.878. The van der Waals surface area contributed by atoms with Crippen molar-refractivity contribution in [3.63, 3.8) is 0 Å². The minimum absolute atomic E-state index is 0.175. The number of primary amides is 1. The Labute approximate surface area is 115 Å². The molecule has 3 N–H and O–H groups in total. The third-order valence-electron chi connectivity index (χ3n) is 2.57. The molecule has 4 nitrogen and oxygen atoms in total. The highest BCUT2D eigenvalue weighted by atomic mass is 79.9.